The summed E-state index contributed by atoms with van der Waals surface area (Å²) in [5.41, 5.74) is 0. The number of hydrogen-bond acceptors (Lipinski definition) is 0. The summed E-state index contributed by atoms with van der Waals surface area (Å²) in [6.45, 7) is 0. The van der Waals surface area contributed by atoms with Gasteiger partial charge in [0.2, 0.25) is 0 Å². The summed E-state index contributed by atoms with van der Waals surface area (Å²) in [6, 6.07) is 0. The molecule has 0 aromatic rings. The van der Waals surface area contributed by atoms with Gasteiger partial charge in [-0.3, -0.25) is 0 Å². The zero-order chi connectivity index (χ0) is 0. The van der Waals surface area contributed by atoms with Gasteiger partial charge in [-0.05, 0) is 0 Å². The van der Waals surface area contributed by atoms with Crippen LogP contribution in [-0.2, 0) is 0 Å². The fourth-order valence-corrected chi connectivity index (χ4v) is 0. The molecule has 0 fully saturated rings. The molecule has 0 aliphatic heterocycles. The first-order chi connectivity index (χ1) is 0. The Morgan fingerprint density at radius 1 is 0.500 bits per heavy atom. The van der Waals surface area contributed by atoms with Crippen molar-refractivity contribution < 1.29 is 112 Å². The van der Waals surface area contributed by atoms with Crippen molar-refractivity contribution in [1.29, 1.82) is 0 Å². The van der Waals surface area contributed by atoms with Crippen LogP contribution in [0.4, 0.5) is 0 Å². The second kappa shape index (κ2) is 42.2. The molecule has 0 nitrogen and oxygen atoms in total. The molecule has 0 saturated heterocycles. The molecule has 0 rings (SSSR count). The van der Waals surface area contributed by atoms with E-state index in [2.05, 4.69) is 0 Å². The molecule has 4 heteroatoms. The van der Waals surface area contributed by atoms with Gasteiger partial charge in [-0.1, -0.05) is 14.9 Å². The van der Waals surface area contributed by atoms with Gasteiger partial charge in [0.1, 0.15) is 0 Å². The third-order valence-electron chi connectivity index (χ3n) is 0. The molecule has 0 spiro atoms. The summed E-state index contributed by atoms with van der Waals surface area (Å²) in [6.07, 6.45) is 0. The molecule has 0 amide bonds. The van der Waals surface area contributed by atoms with Crippen LogP contribution in [0, 0.1) is 0 Å². The van der Waals surface area contributed by atoms with Crippen LogP contribution in [-0.4, -0.2) is 0 Å². The second-order valence-corrected chi connectivity index (χ2v) is 0. The van der Waals surface area contributed by atoms with E-state index in [1.807, 2.05) is 0 Å². The first-order valence-corrected chi connectivity index (χ1v) is 0. The minimum atomic E-state index is 0. The molecule has 0 heterocycles. The fraction of sp³-hybridized carbons (Fsp3) is 1.00. The number of hydrogen-bond donors (Lipinski definition) is 0. The maximum Gasteiger partial charge on any atom is 1.00 e. The molecule has 0 aromatic heterocycles. The van der Waals surface area contributed by atoms with E-state index < -0.39 is 0 Å². The van der Waals surface area contributed by atoms with E-state index in [1.165, 1.54) is 0 Å². The van der Waals surface area contributed by atoms with Gasteiger partial charge < -0.3 is 9.41 Å². The maximum absolute atomic E-state index is 0. The van der Waals surface area contributed by atoms with Gasteiger partial charge in [-0.2, -0.15) is 0 Å². The van der Waals surface area contributed by atoms with Crippen LogP contribution in [0.15, 0.2) is 0 Å². The molecular weight excluding hydrogens is 140 g/mol. The van der Waals surface area contributed by atoms with E-state index in [0.717, 1.165) is 0 Å². The first kappa shape index (κ1) is 61.5. The Morgan fingerprint density at radius 2 is 0.500 bits per heavy atom. The Hall–Kier alpha value is 3.13. The van der Waals surface area contributed by atoms with Crippen LogP contribution in [0.2, 0.25) is 0 Å². The van der Waals surface area contributed by atoms with E-state index in [-0.39, 0.29) is 127 Å². The van der Waals surface area contributed by atoms with E-state index in [1.54, 1.807) is 0 Å². The average Bonchev–Trinajstić information content (AvgIpc) is 0. The SMILES string of the molecule is C.C.[F-].[F-].[K+].[K+]. The number of rotatable bonds is 0. The molecular formula is C2H8F2K2. The van der Waals surface area contributed by atoms with Crippen LogP contribution in [0.1, 0.15) is 14.9 Å². The minimum absolute atomic E-state index is 0. The summed E-state index contributed by atoms with van der Waals surface area (Å²) >= 11 is 0. The Morgan fingerprint density at radius 3 is 0.500 bits per heavy atom. The molecule has 0 aliphatic carbocycles. The largest absolute Gasteiger partial charge is 1.00 e. The fourth-order valence-electron chi connectivity index (χ4n) is 0. The third-order valence-corrected chi connectivity index (χ3v) is 0. The molecule has 0 saturated carbocycles. The second-order valence-electron chi connectivity index (χ2n) is 0. The van der Waals surface area contributed by atoms with E-state index in [0.29, 0.717) is 0 Å². The van der Waals surface area contributed by atoms with Crippen molar-refractivity contribution in [3.63, 3.8) is 0 Å². The smallest absolute Gasteiger partial charge is 1.00 e. The van der Waals surface area contributed by atoms with Crippen molar-refractivity contribution in [2.75, 3.05) is 0 Å². The summed E-state index contributed by atoms with van der Waals surface area (Å²) in [7, 11) is 0. The zero-order valence-corrected chi connectivity index (χ0v) is 9.00. The Labute approximate surface area is 123 Å². The quantitative estimate of drug-likeness (QED) is 0.299. The van der Waals surface area contributed by atoms with Crippen LogP contribution >= 0.6 is 0 Å². The van der Waals surface area contributed by atoms with Gasteiger partial charge in [-0.15, -0.1) is 0 Å². The molecule has 32 valence electrons. The monoisotopic (exact) mass is 148 g/mol. The summed E-state index contributed by atoms with van der Waals surface area (Å²) < 4.78 is 0. The van der Waals surface area contributed by atoms with Gasteiger partial charge in [-0.25, -0.2) is 0 Å². The molecule has 0 unspecified atom stereocenters. The summed E-state index contributed by atoms with van der Waals surface area (Å²) in [4.78, 5) is 0. The molecule has 0 radical (unpaired) electrons. The van der Waals surface area contributed by atoms with E-state index >= 15 is 0 Å². The van der Waals surface area contributed by atoms with Gasteiger partial charge >= 0.3 is 103 Å². The minimum Gasteiger partial charge on any atom is -1.00 e. The van der Waals surface area contributed by atoms with Crippen LogP contribution in [0.5, 0.6) is 0 Å². The number of halogens is 2. The van der Waals surface area contributed by atoms with Crippen LogP contribution < -0.4 is 112 Å². The van der Waals surface area contributed by atoms with E-state index in [4.69, 9.17) is 0 Å². The van der Waals surface area contributed by atoms with Gasteiger partial charge in [0, 0.05) is 0 Å². The van der Waals surface area contributed by atoms with Crippen molar-refractivity contribution in [1.82, 2.24) is 0 Å². The van der Waals surface area contributed by atoms with Crippen molar-refractivity contribution in [2.24, 2.45) is 0 Å². The van der Waals surface area contributed by atoms with Crippen LogP contribution in [0.25, 0.3) is 0 Å². The molecule has 0 aliphatic rings. The van der Waals surface area contributed by atoms with Gasteiger partial charge in [0.05, 0.1) is 0 Å². The molecule has 0 aromatic carbocycles. The van der Waals surface area contributed by atoms with Crippen molar-refractivity contribution in [3.05, 3.63) is 0 Å². The summed E-state index contributed by atoms with van der Waals surface area (Å²) in [5.74, 6) is 0. The average molecular weight is 148 g/mol. The van der Waals surface area contributed by atoms with Gasteiger partial charge in [0.15, 0.2) is 0 Å². The van der Waals surface area contributed by atoms with Crippen molar-refractivity contribution in [3.8, 4) is 0 Å². The predicted octanol–water partition coefficient (Wildman–Crippen LogP) is -10.7. The van der Waals surface area contributed by atoms with Crippen molar-refractivity contribution >= 4 is 0 Å². The standard InChI is InChI=1S/2CH4.2FH.2K/h2*1H4;2*1H;;/q;;;;2*+1/p-2. The van der Waals surface area contributed by atoms with E-state index in [9.17, 15) is 0 Å². The zero-order valence-electron chi connectivity index (χ0n) is 2.76. The topological polar surface area (TPSA) is 0 Å². The first-order valence-electron chi connectivity index (χ1n) is 0. The molecule has 0 bridgehead atoms. The Kier molecular flexibility index (Phi) is 432. The molecule has 0 atom stereocenters. The maximum atomic E-state index is 0. The molecule has 6 heavy (non-hydrogen) atoms. The Bertz CT molecular complexity index is 9.51. The Balaban J connectivity index is 0. The van der Waals surface area contributed by atoms with Crippen LogP contribution in [0.3, 0.4) is 0 Å². The van der Waals surface area contributed by atoms with Crippen molar-refractivity contribution in [2.45, 2.75) is 14.9 Å². The predicted molar refractivity (Wildman–Crippen MR) is 13.5 cm³/mol. The normalized spacial score (nSPS) is 0. The third kappa shape index (κ3) is 27.3. The van der Waals surface area contributed by atoms with Gasteiger partial charge in [0.25, 0.3) is 0 Å². The molecule has 0 N–H and O–H groups in total. The summed E-state index contributed by atoms with van der Waals surface area (Å²) in [5, 5.41) is 0.